The lowest BCUT2D eigenvalue weighted by Crippen LogP contribution is -2.12. The zero-order valence-electron chi connectivity index (χ0n) is 16.2. The molecule has 1 N–H and O–H groups in total. The minimum atomic E-state index is -0.399. The molecule has 0 atom stereocenters. The zero-order valence-corrected chi connectivity index (χ0v) is 18.5. The Kier molecular flexibility index (Phi) is 8.18. The van der Waals surface area contributed by atoms with Crippen LogP contribution in [0.5, 0.6) is 11.5 Å². The minimum Gasteiger partial charge on any atom is -0.492 e. The molecule has 0 saturated carbocycles. The summed E-state index contributed by atoms with van der Waals surface area (Å²) in [6.07, 6.45) is 0.628. The van der Waals surface area contributed by atoms with E-state index in [1.807, 2.05) is 0 Å². The van der Waals surface area contributed by atoms with E-state index in [0.29, 0.717) is 50.8 Å². The third-order valence-corrected chi connectivity index (χ3v) is 4.91. The molecule has 8 heteroatoms. The summed E-state index contributed by atoms with van der Waals surface area (Å²) in [6.45, 7) is 0.306. The summed E-state index contributed by atoms with van der Waals surface area (Å²) >= 11 is 17.7. The van der Waals surface area contributed by atoms with Gasteiger partial charge in [0.05, 0.1) is 11.6 Å². The largest absolute Gasteiger partial charge is 0.492 e. The molecule has 0 saturated heterocycles. The maximum atomic E-state index is 12.3. The fourth-order valence-electron chi connectivity index (χ4n) is 2.58. The lowest BCUT2D eigenvalue weighted by Gasteiger charge is -2.09. The summed E-state index contributed by atoms with van der Waals surface area (Å²) in [5, 5.41) is 4.29. The molecular formula is C23H18Cl3NO4. The smallest absolute Gasteiger partial charge is 0.311 e. The standard InChI is InChI=1S/C23H18Cl3NO4/c24-16-5-8-18(9-6-16)27-23(29)15-3-10-19(11-4-15)31-22(28)2-1-13-30-21-12-7-17(25)14-20(21)26/h3-12,14H,1-2,13H2,(H,27,29). The molecule has 160 valence electrons. The Morgan fingerprint density at radius 3 is 2.19 bits per heavy atom. The molecule has 3 rings (SSSR count). The molecule has 0 aliphatic carbocycles. The van der Waals surface area contributed by atoms with Gasteiger partial charge >= 0.3 is 5.97 Å². The van der Waals surface area contributed by atoms with Crippen molar-refractivity contribution in [2.45, 2.75) is 12.8 Å². The lowest BCUT2D eigenvalue weighted by atomic mass is 10.2. The van der Waals surface area contributed by atoms with E-state index in [2.05, 4.69) is 5.32 Å². The summed E-state index contributed by atoms with van der Waals surface area (Å²) < 4.78 is 10.8. The molecule has 31 heavy (non-hydrogen) atoms. The summed E-state index contributed by atoms with van der Waals surface area (Å²) in [6, 6.07) is 18.0. The highest BCUT2D eigenvalue weighted by Crippen LogP contribution is 2.27. The van der Waals surface area contributed by atoms with Crippen molar-refractivity contribution < 1.29 is 19.1 Å². The van der Waals surface area contributed by atoms with E-state index in [-0.39, 0.29) is 12.3 Å². The van der Waals surface area contributed by atoms with E-state index in [1.165, 1.54) is 0 Å². The number of amides is 1. The van der Waals surface area contributed by atoms with Gasteiger partial charge in [-0.25, -0.2) is 0 Å². The highest BCUT2D eigenvalue weighted by atomic mass is 35.5. The zero-order chi connectivity index (χ0) is 22.2. The van der Waals surface area contributed by atoms with Crippen LogP contribution in [-0.2, 0) is 4.79 Å². The van der Waals surface area contributed by atoms with Crippen molar-refractivity contribution in [2.75, 3.05) is 11.9 Å². The second-order valence-electron chi connectivity index (χ2n) is 6.49. The van der Waals surface area contributed by atoms with Gasteiger partial charge in [-0.1, -0.05) is 34.8 Å². The number of carbonyl (C=O) groups excluding carboxylic acids is 2. The molecule has 0 unspecified atom stereocenters. The number of ether oxygens (including phenoxy) is 2. The molecule has 3 aromatic carbocycles. The van der Waals surface area contributed by atoms with Gasteiger partial charge in [0.15, 0.2) is 0 Å². The molecule has 0 aliphatic rings. The summed E-state index contributed by atoms with van der Waals surface area (Å²) in [5.74, 6) is 0.184. The van der Waals surface area contributed by atoms with Gasteiger partial charge in [0, 0.05) is 27.7 Å². The van der Waals surface area contributed by atoms with Gasteiger partial charge in [-0.2, -0.15) is 0 Å². The number of hydrogen-bond acceptors (Lipinski definition) is 4. The van der Waals surface area contributed by atoms with Crippen molar-refractivity contribution in [2.24, 2.45) is 0 Å². The predicted molar refractivity (Wildman–Crippen MR) is 123 cm³/mol. The van der Waals surface area contributed by atoms with Crippen LogP contribution in [0.3, 0.4) is 0 Å². The average Bonchev–Trinajstić information content (AvgIpc) is 2.74. The van der Waals surface area contributed by atoms with Gasteiger partial charge in [0.1, 0.15) is 11.5 Å². The van der Waals surface area contributed by atoms with E-state index in [4.69, 9.17) is 44.3 Å². The van der Waals surface area contributed by atoms with Gasteiger partial charge in [-0.15, -0.1) is 0 Å². The van der Waals surface area contributed by atoms with Gasteiger partial charge in [0.25, 0.3) is 5.91 Å². The fraction of sp³-hybridized carbons (Fsp3) is 0.130. The van der Waals surface area contributed by atoms with Crippen LogP contribution in [-0.4, -0.2) is 18.5 Å². The van der Waals surface area contributed by atoms with Crippen LogP contribution in [0.4, 0.5) is 5.69 Å². The Hall–Kier alpha value is -2.73. The molecule has 0 bridgehead atoms. The van der Waals surface area contributed by atoms with Crippen LogP contribution in [0.2, 0.25) is 15.1 Å². The molecule has 0 aliphatic heterocycles. The van der Waals surface area contributed by atoms with Crippen LogP contribution in [0.15, 0.2) is 66.7 Å². The van der Waals surface area contributed by atoms with Crippen molar-refractivity contribution >= 4 is 52.4 Å². The van der Waals surface area contributed by atoms with Crippen LogP contribution in [0.1, 0.15) is 23.2 Å². The molecular weight excluding hydrogens is 461 g/mol. The molecule has 0 heterocycles. The van der Waals surface area contributed by atoms with E-state index in [0.717, 1.165) is 0 Å². The van der Waals surface area contributed by atoms with E-state index >= 15 is 0 Å². The highest BCUT2D eigenvalue weighted by Gasteiger charge is 2.09. The molecule has 0 aromatic heterocycles. The van der Waals surface area contributed by atoms with Crippen LogP contribution in [0.25, 0.3) is 0 Å². The Morgan fingerprint density at radius 2 is 1.52 bits per heavy atom. The fourth-order valence-corrected chi connectivity index (χ4v) is 3.17. The summed E-state index contributed by atoms with van der Waals surface area (Å²) in [7, 11) is 0. The van der Waals surface area contributed by atoms with E-state index < -0.39 is 5.97 Å². The highest BCUT2D eigenvalue weighted by molar-refractivity contribution is 6.35. The first-order valence-corrected chi connectivity index (χ1v) is 10.5. The molecule has 5 nitrogen and oxygen atoms in total. The number of anilines is 1. The predicted octanol–water partition coefficient (Wildman–Crippen LogP) is 6.66. The maximum Gasteiger partial charge on any atom is 0.311 e. The number of nitrogens with one attached hydrogen (secondary N) is 1. The topological polar surface area (TPSA) is 64.6 Å². The second-order valence-corrected chi connectivity index (χ2v) is 7.77. The van der Waals surface area contributed by atoms with Crippen molar-refractivity contribution in [3.63, 3.8) is 0 Å². The molecule has 3 aromatic rings. The quantitative estimate of drug-likeness (QED) is 0.223. The number of rotatable bonds is 8. The van der Waals surface area contributed by atoms with Crippen LogP contribution < -0.4 is 14.8 Å². The normalized spacial score (nSPS) is 10.4. The number of carbonyl (C=O) groups is 2. The third kappa shape index (κ3) is 7.17. The van der Waals surface area contributed by atoms with Crippen molar-refractivity contribution in [1.29, 1.82) is 0 Å². The van der Waals surface area contributed by atoms with Gasteiger partial charge < -0.3 is 14.8 Å². The Balaban J connectivity index is 1.43. The first kappa shape index (κ1) is 22.9. The number of halogens is 3. The molecule has 1 amide bonds. The van der Waals surface area contributed by atoms with Gasteiger partial charge in [0.2, 0.25) is 0 Å². The van der Waals surface area contributed by atoms with Crippen LogP contribution in [0, 0.1) is 0 Å². The van der Waals surface area contributed by atoms with Crippen molar-refractivity contribution in [3.8, 4) is 11.5 Å². The maximum absolute atomic E-state index is 12.3. The van der Waals surface area contributed by atoms with Crippen molar-refractivity contribution in [3.05, 3.63) is 87.4 Å². The summed E-state index contributed by atoms with van der Waals surface area (Å²) in [4.78, 5) is 24.3. The number of hydrogen-bond donors (Lipinski definition) is 1. The summed E-state index contributed by atoms with van der Waals surface area (Å²) in [5.41, 5.74) is 1.06. The molecule has 0 spiro atoms. The van der Waals surface area contributed by atoms with Gasteiger partial charge in [-0.05, 0) is 73.2 Å². The first-order chi connectivity index (χ1) is 14.9. The lowest BCUT2D eigenvalue weighted by molar-refractivity contribution is -0.134. The van der Waals surface area contributed by atoms with E-state index in [9.17, 15) is 9.59 Å². The van der Waals surface area contributed by atoms with E-state index in [1.54, 1.807) is 66.7 Å². The average molecular weight is 479 g/mol. The molecule has 0 radical (unpaired) electrons. The molecule has 0 fully saturated rings. The van der Waals surface area contributed by atoms with Crippen molar-refractivity contribution in [1.82, 2.24) is 0 Å². The SMILES string of the molecule is O=C(CCCOc1ccc(Cl)cc1Cl)Oc1ccc(C(=O)Nc2ccc(Cl)cc2)cc1. The Bertz CT molecular complexity index is 1050. The van der Waals surface area contributed by atoms with Crippen LogP contribution >= 0.6 is 34.8 Å². The number of benzene rings is 3. The second kappa shape index (κ2) is 11.0. The van der Waals surface area contributed by atoms with Gasteiger partial charge in [-0.3, -0.25) is 9.59 Å². The Morgan fingerprint density at radius 1 is 0.839 bits per heavy atom. The minimum absolute atomic E-state index is 0.171. The first-order valence-electron chi connectivity index (χ1n) is 9.36. The monoisotopic (exact) mass is 477 g/mol. The Labute approximate surface area is 194 Å². The third-order valence-electron chi connectivity index (χ3n) is 4.13. The number of esters is 1.